The van der Waals surface area contributed by atoms with E-state index >= 15 is 0 Å². The van der Waals surface area contributed by atoms with Gasteiger partial charge in [-0.25, -0.2) is 8.42 Å². The average Bonchev–Trinajstić information content (AvgIpc) is 2.92. The molecule has 2 aliphatic heterocycles. The number of rotatable bonds is 5. The molecule has 0 saturated carbocycles. The first-order valence-corrected chi connectivity index (χ1v) is 11.0. The Morgan fingerprint density at radius 1 is 0.960 bits per heavy atom. The van der Waals surface area contributed by atoms with Crippen LogP contribution >= 0.6 is 0 Å². The van der Waals surface area contributed by atoms with E-state index in [0.717, 1.165) is 12.8 Å². The van der Waals surface area contributed by atoms with Crippen molar-refractivity contribution in [2.24, 2.45) is 0 Å². The predicted octanol–water partition coefficient (Wildman–Crippen LogP) is 3.11. The maximum Gasteiger partial charge on any atom is 0.243 e. The van der Waals surface area contributed by atoms with Gasteiger partial charge in [-0.05, 0) is 70.0 Å². The largest absolute Gasteiger partial charge is 0.494 e. The first-order chi connectivity index (χ1) is 12.1. The van der Waals surface area contributed by atoms with Gasteiger partial charge in [0, 0.05) is 19.1 Å². The molecule has 5 nitrogen and oxygen atoms in total. The summed E-state index contributed by atoms with van der Waals surface area (Å²) in [5.41, 5.74) is 0. The molecule has 6 heteroatoms. The molecule has 0 radical (unpaired) electrons. The normalized spacial score (nSPS) is 21.8. The summed E-state index contributed by atoms with van der Waals surface area (Å²) in [6, 6.07) is 7.33. The number of likely N-dealkylation sites (tertiary alicyclic amines) is 1. The van der Waals surface area contributed by atoms with E-state index in [-0.39, 0.29) is 0 Å². The van der Waals surface area contributed by atoms with Crippen LogP contribution in [0.25, 0.3) is 0 Å². The smallest absolute Gasteiger partial charge is 0.243 e. The third-order valence-corrected chi connectivity index (χ3v) is 7.27. The van der Waals surface area contributed by atoms with Crippen LogP contribution in [0.1, 0.15) is 45.4 Å². The van der Waals surface area contributed by atoms with E-state index < -0.39 is 10.0 Å². The first-order valence-electron chi connectivity index (χ1n) is 9.58. The molecular weight excluding hydrogens is 336 g/mol. The average molecular weight is 367 g/mol. The standard InChI is InChI=1S/C19H30N2O3S/c1-2-24-18-7-9-19(10-8-18)25(22,23)21-15-11-17(12-16-21)20-13-5-3-4-6-14-20/h7-10,17H,2-6,11-16H2,1H3. The third kappa shape index (κ3) is 4.54. The second-order valence-corrected chi connectivity index (χ2v) is 8.93. The molecule has 0 spiro atoms. The summed E-state index contributed by atoms with van der Waals surface area (Å²) in [6.07, 6.45) is 7.12. The Bertz CT molecular complexity index is 629. The molecule has 140 valence electrons. The van der Waals surface area contributed by atoms with Crippen LogP contribution in [-0.4, -0.2) is 56.5 Å². The van der Waals surface area contributed by atoms with Crippen LogP contribution in [0.4, 0.5) is 0 Å². The van der Waals surface area contributed by atoms with Crippen LogP contribution in [0.3, 0.4) is 0 Å². The van der Waals surface area contributed by atoms with Gasteiger partial charge in [-0.2, -0.15) is 4.31 Å². The third-order valence-electron chi connectivity index (χ3n) is 5.35. The van der Waals surface area contributed by atoms with Gasteiger partial charge in [0.05, 0.1) is 11.5 Å². The SMILES string of the molecule is CCOc1ccc(S(=O)(=O)N2CCC(N3CCCCCC3)CC2)cc1. The summed E-state index contributed by atoms with van der Waals surface area (Å²) in [7, 11) is -3.40. The molecule has 0 amide bonds. The van der Waals surface area contributed by atoms with E-state index in [1.807, 2.05) is 6.92 Å². The van der Waals surface area contributed by atoms with Gasteiger partial charge in [-0.15, -0.1) is 0 Å². The highest BCUT2D eigenvalue weighted by molar-refractivity contribution is 7.89. The fourth-order valence-electron chi connectivity index (χ4n) is 3.93. The van der Waals surface area contributed by atoms with Crippen LogP contribution in [-0.2, 0) is 10.0 Å². The zero-order valence-corrected chi connectivity index (χ0v) is 16.0. The Balaban J connectivity index is 1.60. The fourth-order valence-corrected chi connectivity index (χ4v) is 5.40. The lowest BCUT2D eigenvalue weighted by Gasteiger charge is -2.37. The van der Waals surface area contributed by atoms with Crippen molar-refractivity contribution in [1.82, 2.24) is 9.21 Å². The van der Waals surface area contributed by atoms with Crippen LogP contribution in [0, 0.1) is 0 Å². The maximum absolute atomic E-state index is 12.9. The van der Waals surface area contributed by atoms with Crippen molar-refractivity contribution in [2.75, 3.05) is 32.8 Å². The van der Waals surface area contributed by atoms with E-state index in [4.69, 9.17) is 4.74 Å². The molecule has 2 fully saturated rings. The lowest BCUT2D eigenvalue weighted by atomic mass is 10.0. The Morgan fingerprint density at radius 2 is 1.56 bits per heavy atom. The molecule has 2 aliphatic rings. The van der Waals surface area contributed by atoms with Crippen molar-refractivity contribution in [3.8, 4) is 5.75 Å². The minimum Gasteiger partial charge on any atom is -0.494 e. The molecule has 0 unspecified atom stereocenters. The number of sulfonamides is 1. The topological polar surface area (TPSA) is 49.9 Å². The van der Waals surface area contributed by atoms with Crippen molar-refractivity contribution in [2.45, 2.75) is 56.4 Å². The van der Waals surface area contributed by atoms with Crippen LogP contribution in [0.15, 0.2) is 29.2 Å². The predicted molar refractivity (Wildman–Crippen MR) is 99.4 cm³/mol. The monoisotopic (exact) mass is 366 g/mol. The van der Waals surface area contributed by atoms with E-state index in [1.54, 1.807) is 28.6 Å². The highest BCUT2D eigenvalue weighted by Crippen LogP contribution is 2.26. The van der Waals surface area contributed by atoms with Gasteiger partial charge in [0.25, 0.3) is 0 Å². The molecular formula is C19H30N2O3S. The van der Waals surface area contributed by atoms with Crippen LogP contribution in [0.5, 0.6) is 5.75 Å². The number of ether oxygens (including phenoxy) is 1. The van der Waals surface area contributed by atoms with Gasteiger partial charge in [-0.3, -0.25) is 0 Å². The molecule has 3 rings (SSSR count). The van der Waals surface area contributed by atoms with Crippen molar-refractivity contribution in [3.05, 3.63) is 24.3 Å². The summed E-state index contributed by atoms with van der Waals surface area (Å²) >= 11 is 0. The molecule has 1 aromatic rings. The van der Waals surface area contributed by atoms with Crippen molar-refractivity contribution < 1.29 is 13.2 Å². The summed E-state index contributed by atoms with van der Waals surface area (Å²) in [6.45, 7) is 6.09. The Morgan fingerprint density at radius 3 is 2.12 bits per heavy atom. The molecule has 2 saturated heterocycles. The fraction of sp³-hybridized carbons (Fsp3) is 0.684. The number of nitrogens with zero attached hydrogens (tertiary/aromatic N) is 2. The Labute approximate surface area is 152 Å². The summed E-state index contributed by atoms with van der Waals surface area (Å²) in [4.78, 5) is 2.96. The van der Waals surface area contributed by atoms with Crippen molar-refractivity contribution in [3.63, 3.8) is 0 Å². The van der Waals surface area contributed by atoms with Gasteiger partial charge >= 0.3 is 0 Å². The van der Waals surface area contributed by atoms with E-state index in [9.17, 15) is 8.42 Å². The summed E-state index contributed by atoms with van der Waals surface area (Å²) in [5.74, 6) is 0.710. The molecule has 2 heterocycles. The lowest BCUT2D eigenvalue weighted by molar-refractivity contribution is 0.144. The highest BCUT2D eigenvalue weighted by atomic mass is 32.2. The molecule has 0 N–H and O–H groups in total. The molecule has 0 aromatic heterocycles. The highest BCUT2D eigenvalue weighted by Gasteiger charge is 2.31. The number of benzene rings is 1. The van der Waals surface area contributed by atoms with Gasteiger partial charge in [-0.1, -0.05) is 12.8 Å². The second kappa shape index (κ2) is 8.52. The van der Waals surface area contributed by atoms with Crippen molar-refractivity contribution in [1.29, 1.82) is 0 Å². The summed E-state index contributed by atoms with van der Waals surface area (Å²) < 4.78 is 32.8. The molecule has 25 heavy (non-hydrogen) atoms. The Hall–Kier alpha value is -1.11. The van der Waals surface area contributed by atoms with E-state index in [2.05, 4.69) is 4.90 Å². The number of piperidine rings is 1. The zero-order valence-electron chi connectivity index (χ0n) is 15.2. The molecule has 1 aromatic carbocycles. The summed E-state index contributed by atoms with van der Waals surface area (Å²) in [5, 5.41) is 0. The number of hydrogen-bond acceptors (Lipinski definition) is 4. The van der Waals surface area contributed by atoms with Gasteiger partial charge in [0.1, 0.15) is 5.75 Å². The van der Waals surface area contributed by atoms with Gasteiger partial charge in [0.15, 0.2) is 0 Å². The first kappa shape index (κ1) is 18.7. The van der Waals surface area contributed by atoms with Crippen LogP contribution < -0.4 is 4.74 Å². The van der Waals surface area contributed by atoms with Crippen molar-refractivity contribution >= 4 is 10.0 Å². The van der Waals surface area contributed by atoms with Gasteiger partial charge < -0.3 is 9.64 Å². The minimum absolute atomic E-state index is 0.365. The minimum atomic E-state index is -3.40. The van der Waals surface area contributed by atoms with E-state index in [1.165, 1.54) is 38.8 Å². The van der Waals surface area contributed by atoms with Gasteiger partial charge in [0.2, 0.25) is 10.0 Å². The van der Waals surface area contributed by atoms with Crippen LogP contribution in [0.2, 0.25) is 0 Å². The lowest BCUT2D eigenvalue weighted by Crippen LogP contribution is -2.46. The quantitative estimate of drug-likeness (QED) is 0.803. The Kier molecular flexibility index (Phi) is 6.36. The second-order valence-electron chi connectivity index (χ2n) is 6.99. The van der Waals surface area contributed by atoms with E-state index in [0.29, 0.717) is 36.4 Å². The molecule has 0 bridgehead atoms. The maximum atomic E-state index is 12.9. The molecule has 0 atom stereocenters. The zero-order chi connectivity index (χ0) is 17.7. The number of hydrogen-bond donors (Lipinski definition) is 0. The molecule has 0 aliphatic carbocycles.